The Morgan fingerprint density at radius 1 is 1.39 bits per heavy atom. The van der Waals surface area contributed by atoms with Crippen LogP contribution < -0.4 is 11.1 Å². The van der Waals surface area contributed by atoms with E-state index < -0.39 is 0 Å². The summed E-state index contributed by atoms with van der Waals surface area (Å²) in [5.74, 6) is 0.858. The summed E-state index contributed by atoms with van der Waals surface area (Å²) in [5, 5.41) is 12.3. The van der Waals surface area contributed by atoms with E-state index in [1.165, 1.54) is 12.8 Å². The molecule has 4 nitrogen and oxygen atoms in total. The molecule has 1 aliphatic carbocycles. The highest BCUT2D eigenvalue weighted by atomic mass is 16.3. The second-order valence-corrected chi connectivity index (χ2v) is 5.54. The van der Waals surface area contributed by atoms with Gasteiger partial charge in [-0.15, -0.1) is 0 Å². The fraction of sp³-hybridized carbons (Fsp3) is 0.929. The normalized spacial score (nSPS) is 25.7. The van der Waals surface area contributed by atoms with E-state index in [1.807, 2.05) is 0 Å². The Bertz CT molecular complexity index is 246. The van der Waals surface area contributed by atoms with Crippen molar-refractivity contribution in [2.45, 2.75) is 57.9 Å². The van der Waals surface area contributed by atoms with Crippen molar-refractivity contribution in [2.24, 2.45) is 17.6 Å². The largest absolute Gasteiger partial charge is 0.396 e. The molecule has 1 fully saturated rings. The lowest BCUT2D eigenvalue weighted by atomic mass is 9.79. The van der Waals surface area contributed by atoms with Crippen LogP contribution in [0.3, 0.4) is 0 Å². The molecule has 1 amide bonds. The van der Waals surface area contributed by atoms with E-state index in [0.29, 0.717) is 24.8 Å². The number of aliphatic hydroxyl groups is 1. The van der Waals surface area contributed by atoms with Gasteiger partial charge in [0.1, 0.15) is 0 Å². The molecule has 0 aliphatic heterocycles. The predicted octanol–water partition coefficient (Wildman–Crippen LogP) is 1.42. The SMILES string of the molecule is CCCC(N)CC(=O)NCC1CCCCC1CO. The van der Waals surface area contributed by atoms with Gasteiger partial charge in [0.2, 0.25) is 5.91 Å². The quantitative estimate of drug-likeness (QED) is 0.645. The van der Waals surface area contributed by atoms with Crippen LogP contribution in [-0.4, -0.2) is 30.2 Å². The number of carbonyl (C=O) groups excluding carboxylic acids is 1. The van der Waals surface area contributed by atoms with Gasteiger partial charge in [0.05, 0.1) is 0 Å². The minimum atomic E-state index is -0.0185. The molecule has 0 bridgehead atoms. The van der Waals surface area contributed by atoms with E-state index in [0.717, 1.165) is 25.7 Å². The van der Waals surface area contributed by atoms with Crippen molar-refractivity contribution in [3.8, 4) is 0 Å². The van der Waals surface area contributed by atoms with Crippen LogP contribution in [0, 0.1) is 11.8 Å². The number of nitrogens with two attached hydrogens (primary N) is 1. The zero-order chi connectivity index (χ0) is 13.4. The van der Waals surface area contributed by atoms with Gasteiger partial charge >= 0.3 is 0 Å². The van der Waals surface area contributed by atoms with Crippen molar-refractivity contribution < 1.29 is 9.90 Å². The van der Waals surface area contributed by atoms with E-state index in [4.69, 9.17) is 5.73 Å². The topological polar surface area (TPSA) is 75.4 Å². The van der Waals surface area contributed by atoms with Gasteiger partial charge in [-0.05, 0) is 31.1 Å². The van der Waals surface area contributed by atoms with Gasteiger partial charge in [-0.3, -0.25) is 4.79 Å². The lowest BCUT2D eigenvalue weighted by Crippen LogP contribution is -2.37. The average Bonchev–Trinajstić information content (AvgIpc) is 2.37. The molecule has 1 saturated carbocycles. The van der Waals surface area contributed by atoms with Crippen LogP contribution in [0.5, 0.6) is 0 Å². The molecule has 4 heteroatoms. The third kappa shape index (κ3) is 5.36. The molecule has 0 aromatic heterocycles. The van der Waals surface area contributed by atoms with Gasteiger partial charge < -0.3 is 16.2 Å². The molecule has 0 aromatic rings. The minimum absolute atomic E-state index is 0.0185. The van der Waals surface area contributed by atoms with E-state index >= 15 is 0 Å². The molecule has 106 valence electrons. The van der Waals surface area contributed by atoms with Crippen LogP contribution in [0.25, 0.3) is 0 Å². The first-order valence-electron chi connectivity index (χ1n) is 7.30. The predicted molar refractivity (Wildman–Crippen MR) is 73.0 cm³/mol. The summed E-state index contributed by atoms with van der Waals surface area (Å²) in [4.78, 5) is 11.7. The Morgan fingerprint density at radius 3 is 2.67 bits per heavy atom. The molecular formula is C14H28N2O2. The van der Waals surface area contributed by atoms with Crippen molar-refractivity contribution in [3.05, 3.63) is 0 Å². The first-order valence-corrected chi connectivity index (χ1v) is 7.30. The number of hydrogen-bond donors (Lipinski definition) is 3. The summed E-state index contributed by atoms with van der Waals surface area (Å²) in [5.41, 5.74) is 5.85. The summed E-state index contributed by atoms with van der Waals surface area (Å²) >= 11 is 0. The summed E-state index contributed by atoms with van der Waals surface area (Å²) in [6.45, 7) is 3.02. The first kappa shape index (κ1) is 15.4. The highest BCUT2D eigenvalue weighted by Gasteiger charge is 2.24. The van der Waals surface area contributed by atoms with Crippen LogP contribution in [0.1, 0.15) is 51.9 Å². The molecule has 0 spiro atoms. The zero-order valence-corrected chi connectivity index (χ0v) is 11.5. The van der Waals surface area contributed by atoms with Crippen molar-refractivity contribution >= 4 is 5.91 Å². The molecule has 1 aliphatic rings. The number of amides is 1. The molecule has 18 heavy (non-hydrogen) atoms. The number of rotatable bonds is 7. The third-order valence-corrected chi connectivity index (χ3v) is 3.97. The Morgan fingerprint density at radius 2 is 2.06 bits per heavy atom. The van der Waals surface area contributed by atoms with Gasteiger partial charge in [0.15, 0.2) is 0 Å². The summed E-state index contributed by atoms with van der Waals surface area (Å²) in [7, 11) is 0. The van der Waals surface area contributed by atoms with E-state index in [2.05, 4.69) is 12.2 Å². The van der Waals surface area contributed by atoms with Crippen LogP contribution >= 0.6 is 0 Å². The van der Waals surface area contributed by atoms with Crippen LogP contribution in [0.15, 0.2) is 0 Å². The zero-order valence-electron chi connectivity index (χ0n) is 11.5. The molecule has 0 saturated heterocycles. The van der Waals surface area contributed by atoms with Crippen molar-refractivity contribution in [1.29, 1.82) is 0 Å². The Labute approximate surface area is 110 Å². The van der Waals surface area contributed by atoms with Crippen molar-refractivity contribution in [1.82, 2.24) is 5.32 Å². The summed E-state index contributed by atoms with van der Waals surface area (Å²) in [6.07, 6.45) is 6.96. The molecule has 4 N–H and O–H groups in total. The second-order valence-electron chi connectivity index (χ2n) is 5.54. The lowest BCUT2D eigenvalue weighted by Gasteiger charge is -2.30. The van der Waals surface area contributed by atoms with Crippen LogP contribution in [0.4, 0.5) is 0 Å². The fourth-order valence-corrected chi connectivity index (χ4v) is 2.82. The Hall–Kier alpha value is -0.610. The maximum absolute atomic E-state index is 11.7. The molecule has 0 heterocycles. The maximum Gasteiger partial charge on any atom is 0.221 e. The molecule has 3 unspecified atom stereocenters. The molecular weight excluding hydrogens is 228 g/mol. The highest BCUT2D eigenvalue weighted by Crippen LogP contribution is 2.29. The van der Waals surface area contributed by atoms with Crippen LogP contribution in [-0.2, 0) is 4.79 Å². The van der Waals surface area contributed by atoms with E-state index in [9.17, 15) is 9.90 Å². The van der Waals surface area contributed by atoms with Gasteiger partial charge in [0.25, 0.3) is 0 Å². The minimum Gasteiger partial charge on any atom is -0.396 e. The smallest absolute Gasteiger partial charge is 0.221 e. The summed E-state index contributed by atoms with van der Waals surface area (Å²) < 4.78 is 0. The maximum atomic E-state index is 11.7. The summed E-state index contributed by atoms with van der Waals surface area (Å²) in [6, 6.07) is -0.0185. The van der Waals surface area contributed by atoms with Gasteiger partial charge in [-0.25, -0.2) is 0 Å². The van der Waals surface area contributed by atoms with Crippen molar-refractivity contribution in [2.75, 3.05) is 13.2 Å². The number of hydrogen-bond acceptors (Lipinski definition) is 3. The highest BCUT2D eigenvalue weighted by molar-refractivity contribution is 5.76. The third-order valence-electron chi connectivity index (χ3n) is 3.97. The lowest BCUT2D eigenvalue weighted by molar-refractivity contribution is -0.121. The first-order chi connectivity index (χ1) is 8.67. The van der Waals surface area contributed by atoms with Gasteiger partial charge in [0, 0.05) is 25.6 Å². The Balaban J connectivity index is 2.24. The molecule has 0 aromatic carbocycles. The van der Waals surface area contributed by atoms with E-state index in [1.54, 1.807) is 0 Å². The van der Waals surface area contributed by atoms with Crippen molar-refractivity contribution in [3.63, 3.8) is 0 Å². The molecule has 0 radical (unpaired) electrons. The second kappa shape index (κ2) is 8.48. The molecule has 1 rings (SSSR count). The van der Waals surface area contributed by atoms with Gasteiger partial charge in [-0.2, -0.15) is 0 Å². The average molecular weight is 256 g/mol. The number of aliphatic hydroxyl groups excluding tert-OH is 1. The number of carbonyl (C=O) groups is 1. The standard InChI is InChI=1S/C14H28N2O2/c1-2-5-13(15)8-14(18)16-9-11-6-3-4-7-12(11)10-17/h11-13,17H,2-10,15H2,1H3,(H,16,18). The monoisotopic (exact) mass is 256 g/mol. The molecule has 3 atom stereocenters. The van der Waals surface area contributed by atoms with Crippen LogP contribution in [0.2, 0.25) is 0 Å². The number of nitrogens with one attached hydrogen (secondary N) is 1. The fourth-order valence-electron chi connectivity index (χ4n) is 2.82. The van der Waals surface area contributed by atoms with Gasteiger partial charge in [-0.1, -0.05) is 26.2 Å². The van der Waals surface area contributed by atoms with E-state index in [-0.39, 0.29) is 18.6 Å². The Kier molecular flexibility index (Phi) is 7.28.